The van der Waals surface area contributed by atoms with E-state index in [4.69, 9.17) is 14.2 Å². The van der Waals surface area contributed by atoms with E-state index in [0.717, 1.165) is 12.8 Å². The van der Waals surface area contributed by atoms with E-state index < -0.39 is 11.9 Å². The fourth-order valence-corrected chi connectivity index (χ4v) is 2.55. The van der Waals surface area contributed by atoms with Crippen LogP contribution in [0.15, 0.2) is 48.2 Å². The second-order valence-electron chi connectivity index (χ2n) is 6.14. The average molecular weight is 382 g/mol. The fourth-order valence-electron chi connectivity index (χ4n) is 2.55. The zero-order valence-electron chi connectivity index (χ0n) is 15.4. The normalized spacial score (nSPS) is 12.5. The Balaban J connectivity index is 1.70. The molecule has 1 aliphatic heterocycles. The molecule has 7 heteroatoms. The van der Waals surface area contributed by atoms with E-state index in [9.17, 15) is 14.7 Å². The monoisotopic (exact) mass is 382 g/mol. The molecule has 2 aromatic carbocycles. The second-order valence-corrected chi connectivity index (χ2v) is 6.14. The van der Waals surface area contributed by atoms with Crippen LogP contribution in [0.1, 0.15) is 35.7 Å². The van der Waals surface area contributed by atoms with E-state index in [1.165, 1.54) is 6.08 Å². The predicted molar refractivity (Wildman–Crippen MR) is 99.9 cm³/mol. The van der Waals surface area contributed by atoms with Crippen molar-refractivity contribution in [3.8, 4) is 17.2 Å². The first-order chi connectivity index (χ1) is 13.6. The minimum absolute atomic E-state index is 0.116. The molecule has 0 saturated heterocycles. The lowest BCUT2D eigenvalue weighted by Crippen LogP contribution is -2.35. The van der Waals surface area contributed by atoms with Crippen LogP contribution in [0.2, 0.25) is 0 Å². The van der Waals surface area contributed by atoms with Gasteiger partial charge in [0.25, 0.3) is 5.91 Å². The van der Waals surface area contributed by atoms with Crippen molar-refractivity contribution >= 4 is 18.0 Å². The van der Waals surface area contributed by atoms with E-state index in [1.807, 2.05) is 0 Å². The van der Waals surface area contributed by atoms with E-state index in [1.54, 1.807) is 42.5 Å². The summed E-state index contributed by atoms with van der Waals surface area (Å²) in [5, 5.41) is 13.8. The lowest BCUT2D eigenvalue weighted by molar-refractivity contribution is -0.299. The van der Waals surface area contributed by atoms with Crippen LogP contribution >= 0.6 is 0 Å². The highest BCUT2D eigenvalue weighted by Crippen LogP contribution is 2.33. The van der Waals surface area contributed by atoms with Crippen molar-refractivity contribution in [2.24, 2.45) is 0 Å². The molecule has 0 fully saturated rings. The van der Waals surface area contributed by atoms with Crippen molar-refractivity contribution in [2.75, 3.05) is 13.4 Å². The van der Waals surface area contributed by atoms with Gasteiger partial charge >= 0.3 is 0 Å². The molecule has 146 valence electrons. The summed E-state index contributed by atoms with van der Waals surface area (Å²) in [6.45, 7) is 2.79. The average Bonchev–Trinajstić information content (AvgIpc) is 3.16. The molecule has 0 spiro atoms. The zero-order valence-corrected chi connectivity index (χ0v) is 15.4. The molecule has 28 heavy (non-hydrogen) atoms. The number of carboxylic acids is 1. The minimum atomic E-state index is -1.49. The number of carbonyl (C=O) groups excluding carboxylic acids is 2. The van der Waals surface area contributed by atoms with Gasteiger partial charge in [0.2, 0.25) is 6.79 Å². The van der Waals surface area contributed by atoms with Crippen molar-refractivity contribution in [3.05, 3.63) is 59.3 Å². The summed E-state index contributed by atoms with van der Waals surface area (Å²) in [5.41, 5.74) is 0.483. The Morgan fingerprint density at radius 3 is 2.61 bits per heavy atom. The number of fused-ring (bicyclic) bond motifs is 1. The molecule has 1 N–H and O–H groups in total. The maximum atomic E-state index is 12.4. The Morgan fingerprint density at radius 1 is 1.14 bits per heavy atom. The fraction of sp³-hybridized carbons (Fsp3) is 0.238. The maximum Gasteiger partial charge on any atom is 0.255 e. The van der Waals surface area contributed by atoms with Crippen LogP contribution in [0, 0.1) is 0 Å². The van der Waals surface area contributed by atoms with Crippen LogP contribution in [-0.2, 0) is 4.79 Å². The van der Waals surface area contributed by atoms with Crippen LogP contribution < -0.4 is 24.6 Å². The first-order valence-electron chi connectivity index (χ1n) is 8.93. The van der Waals surface area contributed by atoms with E-state index in [-0.39, 0.29) is 12.5 Å². The number of aliphatic carboxylic acids is 1. The molecule has 1 amide bonds. The van der Waals surface area contributed by atoms with E-state index in [0.29, 0.717) is 35.0 Å². The molecule has 1 aliphatic rings. The Labute approximate surface area is 162 Å². The van der Waals surface area contributed by atoms with Crippen molar-refractivity contribution in [2.45, 2.75) is 19.8 Å². The summed E-state index contributed by atoms with van der Waals surface area (Å²) in [7, 11) is 0. The largest absolute Gasteiger partial charge is 0.543 e. The van der Waals surface area contributed by atoms with Crippen molar-refractivity contribution in [3.63, 3.8) is 0 Å². The number of carboxylic acid groups (broad SMARTS) is 1. The lowest BCUT2D eigenvalue weighted by Gasteiger charge is -2.12. The number of hydrogen-bond acceptors (Lipinski definition) is 6. The first-order valence-corrected chi connectivity index (χ1v) is 8.93. The number of ether oxygens (including phenoxy) is 3. The summed E-state index contributed by atoms with van der Waals surface area (Å²) < 4.78 is 16.0. The minimum Gasteiger partial charge on any atom is -0.543 e. The predicted octanol–water partition coefficient (Wildman–Crippen LogP) is 2.12. The summed E-state index contributed by atoms with van der Waals surface area (Å²) in [5.74, 6) is -0.309. The van der Waals surface area contributed by atoms with Gasteiger partial charge in [-0.1, -0.05) is 19.4 Å². The number of rotatable bonds is 8. The molecular weight excluding hydrogens is 362 g/mol. The third kappa shape index (κ3) is 4.82. The number of carbonyl (C=O) groups is 2. The summed E-state index contributed by atoms with van der Waals surface area (Å²) in [4.78, 5) is 23.8. The molecule has 0 saturated carbocycles. The van der Waals surface area contributed by atoms with Crippen molar-refractivity contribution < 1.29 is 28.9 Å². The molecule has 0 bridgehead atoms. The van der Waals surface area contributed by atoms with Gasteiger partial charge in [0.15, 0.2) is 11.5 Å². The molecule has 0 aliphatic carbocycles. The number of nitrogens with one attached hydrogen (secondary N) is 1. The van der Waals surface area contributed by atoms with Gasteiger partial charge < -0.3 is 29.4 Å². The highest BCUT2D eigenvalue weighted by molar-refractivity contribution is 6.02. The summed E-state index contributed by atoms with van der Waals surface area (Å²) in [6.07, 6.45) is 3.28. The smallest absolute Gasteiger partial charge is 0.255 e. The van der Waals surface area contributed by atoms with Gasteiger partial charge in [0, 0.05) is 5.56 Å². The summed E-state index contributed by atoms with van der Waals surface area (Å²) >= 11 is 0. The standard InChI is InChI=1S/C21H21NO6/c1-2-3-10-26-16-7-5-15(6-8-16)20(23)22-17(21(24)25)11-14-4-9-18-19(12-14)28-13-27-18/h4-9,11-12H,2-3,10,13H2,1H3,(H,22,23)(H,24,25)/p-1/b17-11+. The van der Waals surface area contributed by atoms with E-state index >= 15 is 0 Å². The van der Waals surface area contributed by atoms with Gasteiger partial charge in [-0.3, -0.25) is 4.79 Å². The second kappa shape index (κ2) is 8.94. The van der Waals surface area contributed by atoms with Crippen LogP contribution in [0.4, 0.5) is 0 Å². The molecular formula is C21H20NO6-. The topological polar surface area (TPSA) is 96.9 Å². The highest BCUT2D eigenvalue weighted by Gasteiger charge is 2.14. The van der Waals surface area contributed by atoms with Crippen LogP contribution in [0.25, 0.3) is 6.08 Å². The molecule has 0 unspecified atom stereocenters. The Kier molecular flexibility index (Phi) is 6.16. The molecule has 3 rings (SSSR count). The Bertz CT molecular complexity index is 888. The van der Waals surface area contributed by atoms with Crippen molar-refractivity contribution in [1.82, 2.24) is 5.32 Å². The molecule has 0 radical (unpaired) electrons. The van der Waals surface area contributed by atoms with Gasteiger partial charge in [-0.05, 0) is 54.5 Å². The Hall–Kier alpha value is -3.48. The van der Waals surface area contributed by atoms with Gasteiger partial charge in [0.1, 0.15) is 5.75 Å². The molecule has 1 heterocycles. The van der Waals surface area contributed by atoms with Gasteiger partial charge in [-0.25, -0.2) is 0 Å². The Morgan fingerprint density at radius 2 is 1.89 bits per heavy atom. The summed E-state index contributed by atoms with van der Waals surface area (Å²) in [6, 6.07) is 11.4. The molecule has 0 aromatic heterocycles. The first kappa shape index (κ1) is 19.3. The van der Waals surface area contributed by atoms with Crippen LogP contribution in [0.5, 0.6) is 17.2 Å². The number of hydrogen-bond donors (Lipinski definition) is 1. The third-order valence-electron chi connectivity index (χ3n) is 4.06. The van der Waals surface area contributed by atoms with Gasteiger partial charge in [-0.15, -0.1) is 0 Å². The molecule has 2 aromatic rings. The van der Waals surface area contributed by atoms with Crippen molar-refractivity contribution in [1.29, 1.82) is 0 Å². The van der Waals surface area contributed by atoms with Gasteiger partial charge in [0.05, 0.1) is 18.3 Å². The quantitative estimate of drug-likeness (QED) is 0.555. The van der Waals surface area contributed by atoms with E-state index in [2.05, 4.69) is 12.2 Å². The van der Waals surface area contributed by atoms with Gasteiger partial charge in [-0.2, -0.15) is 0 Å². The third-order valence-corrected chi connectivity index (χ3v) is 4.06. The lowest BCUT2D eigenvalue weighted by atomic mass is 10.1. The molecule has 7 nitrogen and oxygen atoms in total. The molecule has 0 atom stereocenters. The number of benzene rings is 2. The maximum absolute atomic E-state index is 12.4. The number of unbranched alkanes of at least 4 members (excludes halogenated alkanes) is 1. The number of amides is 1. The van der Waals surface area contributed by atoms with Crippen LogP contribution in [-0.4, -0.2) is 25.3 Å². The SMILES string of the molecule is CCCCOc1ccc(C(=O)N/C(=C/c2ccc3c(c2)OCO3)C(=O)[O-])cc1. The van der Waals surface area contributed by atoms with Crippen LogP contribution in [0.3, 0.4) is 0 Å². The highest BCUT2D eigenvalue weighted by atomic mass is 16.7. The zero-order chi connectivity index (χ0) is 19.9.